The molecule has 0 unspecified atom stereocenters. The Labute approximate surface area is 98.7 Å². The van der Waals surface area contributed by atoms with Crippen LogP contribution >= 0.6 is 11.6 Å². The Hall–Kier alpha value is -1.60. The summed E-state index contributed by atoms with van der Waals surface area (Å²) in [6.45, 7) is 0. The highest BCUT2D eigenvalue weighted by molar-refractivity contribution is 6.32. The minimum absolute atomic E-state index is 0.0827. The maximum Gasteiger partial charge on any atom is 0.193 e. The van der Waals surface area contributed by atoms with Gasteiger partial charge in [0.1, 0.15) is 0 Å². The monoisotopic (exact) mass is 228 g/mol. The molecule has 1 aliphatic carbocycles. The molecule has 2 aromatic rings. The van der Waals surface area contributed by atoms with Crippen LogP contribution in [0.1, 0.15) is 27.0 Å². The maximum absolute atomic E-state index is 12.2. The van der Waals surface area contributed by atoms with E-state index in [9.17, 15) is 4.79 Å². The van der Waals surface area contributed by atoms with Crippen LogP contribution < -0.4 is 0 Å². The van der Waals surface area contributed by atoms with Gasteiger partial charge in [-0.15, -0.1) is 0 Å². The van der Waals surface area contributed by atoms with Gasteiger partial charge in [0.15, 0.2) is 5.78 Å². The second-order valence-electron chi connectivity index (χ2n) is 3.93. The van der Waals surface area contributed by atoms with Gasteiger partial charge in [0.2, 0.25) is 0 Å². The van der Waals surface area contributed by atoms with Gasteiger partial charge in [-0.2, -0.15) is 0 Å². The average molecular weight is 229 g/mol. The molecule has 0 radical (unpaired) electrons. The molecular weight excluding hydrogens is 220 g/mol. The highest BCUT2D eigenvalue weighted by Gasteiger charge is 2.23. The van der Waals surface area contributed by atoms with Crippen LogP contribution in [0.3, 0.4) is 0 Å². The third-order valence-electron chi connectivity index (χ3n) is 2.99. The fourth-order valence-electron chi connectivity index (χ4n) is 2.18. The predicted octanol–water partition coefficient (Wildman–Crippen LogP) is 3.48. The zero-order valence-electron chi connectivity index (χ0n) is 8.53. The number of ketones is 1. The molecule has 16 heavy (non-hydrogen) atoms. The van der Waals surface area contributed by atoms with E-state index in [1.165, 1.54) is 0 Å². The Balaban J connectivity index is 2.26. The normalized spacial score (nSPS) is 13.2. The predicted molar refractivity (Wildman–Crippen MR) is 64.1 cm³/mol. The van der Waals surface area contributed by atoms with Crippen LogP contribution in [0.25, 0.3) is 0 Å². The lowest BCUT2D eigenvalue weighted by Crippen LogP contribution is -2.15. The highest BCUT2D eigenvalue weighted by Crippen LogP contribution is 2.31. The molecule has 2 heteroatoms. The summed E-state index contributed by atoms with van der Waals surface area (Å²) in [6.07, 6.45) is 0.747. The Morgan fingerprint density at radius 3 is 2.56 bits per heavy atom. The SMILES string of the molecule is O=C1c2ccccc2Cc2c(Cl)cccc21. The van der Waals surface area contributed by atoms with E-state index in [1.54, 1.807) is 0 Å². The summed E-state index contributed by atoms with van der Waals surface area (Å²) in [7, 11) is 0. The molecule has 0 spiro atoms. The summed E-state index contributed by atoms with van der Waals surface area (Å²) in [5.41, 5.74) is 3.56. The first kappa shape index (κ1) is 9.61. The highest BCUT2D eigenvalue weighted by atomic mass is 35.5. The number of carbonyl (C=O) groups excluding carboxylic acids is 1. The molecule has 0 bridgehead atoms. The van der Waals surface area contributed by atoms with Crippen LogP contribution in [0.15, 0.2) is 42.5 Å². The average Bonchev–Trinajstić information content (AvgIpc) is 2.31. The number of hydrogen-bond acceptors (Lipinski definition) is 1. The third kappa shape index (κ3) is 1.29. The minimum Gasteiger partial charge on any atom is -0.289 e. The second kappa shape index (κ2) is 3.46. The van der Waals surface area contributed by atoms with Gasteiger partial charge in [-0.3, -0.25) is 4.79 Å². The van der Waals surface area contributed by atoms with Crippen molar-refractivity contribution in [2.24, 2.45) is 0 Å². The van der Waals surface area contributed by atoms with Crippen LogP contribution in [-0.4, -0.2) is 5.78 Å². The molecule has 0 aromatic heterocycles. The molecule has 0 saturated carbocycles. The number of rotatable bonds is 0. The van der Waals surface area contributed by atoms with E-state index in [-0.39, 0.29) is 5.78 Å². The fourth-order valence-corrected chi connectivity index (χ4v) is 2.42. The molecule has 1 nitrogen and oxygen atoms in total. The number of fused-ring (bicyclic) bond motifs is 2. The fraction of sp³-hybridized carbons (Fsp3) is 0.0714. The summed E-state index contributed by atoms with van der Waals surface area (Å²) in [5.74, 6) is 0.0827. The van der Waals surface area contributed by atoms with Crippen molar-refractivity contribution in [3.63, 3.8) is 0 Å². The summed E-state index contributed by atoms with van der Waals surface area (Å²) < 4.78 is 0. The standard InChI is InChI=1S/C14H9ClO/c15-13-7-3-6-11-12(13)8-9-4-1-2-5-10(9)14(11)16/h1-7H,8H2. The van der Waals surface area contributed by atoms with Gasteiger partial charge in [0.05, 0.1) is 0 Å². The molecule has 0 amide bonds. The van der Waals surface area contributed by atoms with Crippen molar-refractivity contribution in [3.05, 3.63) is 69.7 Å². The molecule has 0 atom stereocenters. The molecule has 1 aliphatic rings. The summed E-state index contributed by atoms with van der Waals surface area (Å²) in [6, 6.07) is 13.2. The first-order valence-corrected chi connectivity index (χ1v) is 5.55. The summed E-state index contributed by atoms with van der Waals surface area (Å²) in [5, 5.41) is 0.681. The Kier molecular flexibility index (Phi) is 2.08. The van der Waals surface area contributed by atoms with Gasteiger partial charge in [0.25, 0.3) is 0 Å². The largest absolute Gasteiger partial charge is 0.289 e. The molecule has 0 heterocycles. The van der Waals surface area contributed by atoms with Crippen LogP contribution in [-0.2, 0) is 6.42 Å². The van der Waals surface area contributed by atoms with Crippen molar-refractivity contribution < 1.29 is 4.79 Å². The van der Waals surface area contributed by atoms with Crippen LogP contribution in [0.5, 0.6) is 0 Å². The molecular formula is C14H9ClO. The van der Waals surface area contributed by atoms with Gasteiger partial charge < -0.3 is 0 Å². The smallest absolute Gasteiger partial charge is 0.193 e. The zero-order chi connectivity index (χ0) is 11.1. The van der Waals surface area contributed by atoms with Crippen molar-refractivity contribution in [1.82, 2.24) is 0 Å². The van der Waals surface area contributed by atoms with E-state index in [4.69, 9.17) is 11.6 Å². The zero-order valence-corrected chi connectivity index (χ0v) is 9.29. The van der Waals surface area contributed by atoms with E-state index in [0.717, 1.165) is 28.7 Å². The Morgan fingerprint density at radius 2 is 1.69 bits per heavy atom. The first-order chi connectivity index (χ1) is 7.77. The van der Waals surface area contributed by atoms with E-state index in [0.29, 0.717) is 5.02 Å². The number of benzene rings is 2. The first-order valence-electron chi connectivity index (χ1n) is 5.17. The van der Waals surface area contributed by atoms with E-state index < -0.39 is 0 Å². The lowest BCUT2D eigenvalue weighted by molar-refractivity contribution is 0.103. The van der Waals surface area contributed by atoms with Crippen molar-refractivity contribution >= 4 is 17.4 Å². The van der Waals surface area contributed by atoms with Gasteiger partial charge in [-0.1, -0.05) is 48.0 Å². The van der Waals surface area contributed by atoms with Gasteiger partial charge in [0, 0.05) is 22.6 Å². The van der Waals surface area contributed by atoms with E-state index in [1.807, 2.05) is 42.5 Å². The molecule has 78 valence electrons. The molecule has 2 aromatic carbocycles. The molecule has 0 fully saturated rings. The van der Waals surface area contributed by atoms with Crippen molar-refractivity contribution in [3.8, 4) is 0 Å². The topological polar surface area (TPSA) is 17.1 Å². The summed E-state index contributed by atoms with van der Waals surface area (Å²) in [4.78, 5) is 12.2. The molecule has 0 saturated heterocycles. The van der Waals surface area contributed by atoms with Crippen molar-refractivity contribution in [2.45, 2.75) is 6.42 Å². The Morgan fingerprint density at radius 1 is 0.938 bits per heavy atom. The van der Waals surface area contributed by atoms with Crippen molar-refractivity contribution in [2.75, 3.05) is 0 Å². The number of hydrogen-bond donors (Lipinski definition) is 0. The van der Waals surface area contributed by atoms with Crippen LogP contribution in [0, 0.1) is 0 Å². The summed E-state index contributed by atoms with van der Waals surface area (Å²) >= 11 is 6.12. The van der Waals surface area contributed by atoms with Gasteiger partial charge >= 0.3 is 0 Å². The molecule has 0 N–H and O–H groups in total. The van der Waals surface area contributed by atoms with Gasteiger partial charge in [-0.05, 0) is 17.2 Å². The molecule has 3 rings (SSSR count). The van der Waals surface area contributed by atoms with E-state index in [2.05, 4.69) is 0 Å². The third-order valence-corrected chi connectivity index (χ3v) is 3.35. The minimum atomic E-state index is 0.0827. The lowest BCUT2D eigenvalue weighted by Gasteiger charge is -2.18. The number of carbonyl (C=O) groups is 1. The van der Waals surface area contributed by atoms with E-state index >= 15 is 0 Å². The van der Waals surface area contributed by atoms with Crippen LogP contribution in [0.2, 0.25) is 5.02 Å². The maximum atomic E-state index is 12.2. The second-order valence-corrected chi connectivity index (χ2v) is 4.34. The number of halogens is 1. The molecule has 0 aliphatic heterocycles. The lowest BCUT2D eigenvalue weighted by atomic mass is 9.85. The van der Waals surface area contributed by atoms with Crippen molar-refractivity contribution in [1.29, 1.82) is 0 Å². The van der Waals surface area contributed by atoms with Gasteiger partial charge in [-0.25, -0.2) is 0 Å². The Bertz CT molecular complexity index is 587. The van der Waals surface area contributed by atoms with Crippen LogP contribution in [0.4, 0.5) is 0 Å². The quantitative estimate of drug-likeness (QED) is 0.576.